The number of aromatic nitrogens is 4. The van der Waals surface area contributed by atoms with Gasteiger partial charge in [-0.25, -0.2) is 4.98 Å². The van der Waals surface area contributed by atoms with Crippen LogP contribution in [0.1, 0.15) is 36.0 Å². The molecule has 3 aromatic rings. The average Bonchev–Trinajstić information content (AvgIpc) is 3.03. The minimum absolute atomic E-state index is 0.0251. The largest absolute Gasteiger partial charge is 0.453 e. The van der Waals surface area contributed by atoms with Gasteiger partial charge in [0.15, 0.2) is 0 Å². The first-order valence-corrected chi connectivity index (χ1v) is 8.12. The maximum Gasteiger partial charge on any atom is 0.453 e. The van der Waals surface area contributed by atoms with Crippen LogP contribution in [-0.2, 0) is 6.18 Å². The van der Waals surface area contributed by atoms with Gasteiger partial charge in [-0.1, -0.05) is 30.3 Å². The number of hydrogen-bond donors (Lipinski definition) is 2. The molecule has 0 bridgehead atoms. The topological polar surface area (TPSA) is 75.3 Å². The molecule has 3 rings (SSSR count). The van der Waals surface area contributed by atoms with Gasteiger partial charge < -0.3 is 10.4 Å². The van der Waals surface area contributed by atoms with Crippen LogP contribution in [0, 0.1) is 6.92 Å². The van der Waals surface area contributed by atoms with Gasteiger partial charge in [-0.2, -0.15) is 22.7 Å². The van der Waals surface area contributed by atoms with Crippen LogP contribution in [0.5, 0.6) is 0 Å². The van der Waals surface area contributed by atoms with E-state index in [2.05, 4.69) is 20.4 Å². The SMILES string of the molecule is Cc1cc(NC(CCCO)c2ccccc2)n2nc(C(F)(F)F)nc2n1. The van der Waals surface area contributed by atoms with E-state index in [4.69, 9.17) is 5.11 Å². The van der Waals surface area contributed by atoms with Crippen molar-refractivity contribution in [2.24, 2.45) is 0 Å². The number of aliphatic hydroxyl groups is 1. The van der Waals surface area contributed by atoms with Crippen LogP contribution < -0.4 is 5.32 Å². The second-order valence-electron chi connectivity index (χ2n) is 5.90. The van der Waals surface area contributed by atoms with E-state index >= 15 is 0 Å². The Morgan fingerprint density at radius 3 is 2.58 bits per heavy atom. The van der Waals surface area contributed by atoms with Crippen molar-refractivity contribution in [2.75, 3.05) is 11.9 Å². The lowest BCUT2D eigenvalue weighted by molar-refractivity contribution is -0.144. The Morgan fingerprint density at radius 1 is 1.19 bits per heavy atom. The van der Waals surface area contributed by atoms with Crippen LogP contribution in [0.3, 0.4) is 0 Å². The van der Waals surface area contributed by atoms with Crippen LogP contribution in [0.2, 0.25) is 0 Å². The van der Waals surface area contributed by atoms with E-state index in [0.29, 0.717) is 24.4 Å². The Balaban J connectivity index is 2.00. The van der Waals surface area contributed by atoms with Gasteiger partial charge in [-0.3, -0.25) is 0 Å². The molecule has 0 fully saturated rings. The molecule has 1 unspecified atom stereocenters. The Bertz CT molecular complexity index is 879. The van der Waals surface area contributed by atoms with Crippen LogP contribution >= 0.6 is 0 Å². The minimum Gasteiger partial charge on any atom is -0.396 e. The maximum atomic E-state index is 12.9. The van der Waals surface area contributed by atoms with Crippen molar-refractivity contribution in [1.82, 2.24) is 19.6 Å². The fraction of sp³-hybridized carbons (Fsp3) is 0.353. The van der Waals surface area contributed by atoms with Crippen molar-refractivity contribution in [3.8, 4) is 0 Å². The molecule has 138 valence electrons. The lowest BCUT2D eigenvalue weighted by Gasteiger charge is -2.20. The molecule has 0 aliphatic carbocycles. The molecule has 0 spiro atoms. The van der Waals surface area contributed by atoms with Gasteiger partial charge in [0.25, 0.3) is 11.6 Å². The fourth-order valence-electron chi connectivity index (χ4n) is 2.69. The molecule has 2 aromatic heterocycles. The molecule has 1 aromatic carbocycles. The summed E-state index contributed by atoms with van der Waals surface area (Å²) in [5, 5.41) is 15.9. The van der Waals surface area contributed by atoms with Gasteiger partial charge >= 0.3 is 6.18 Å². The lowest BCUT2D eigenvalue weighted by Crippen LogP contribution is -2.15. The molecule has 2 N–H and O–H groups in total. The average molecular weight is 365 g/mol. The van der Waals surface area contributed by atoms with Crippen molar-refractivity contribution < 1.29 is 18.3 Å². The summed E-state index contributed by atoms with van der Waals surface area (Å²) in [6.07, 6.45) is -3.50. The smallest absolute Gasteiger partial charge is 0.396 e. The molecule has 0 radical (unpaired) electrons. The van der Waals surface area contributed by atoms with E-state index in [-0.39, 0.29) is 18.4 Å². The predicted molar refractivity (Wildman–Crippen MR) is 89.6 cm³/mol. The molecular weight excluding hydrogens is 347 g/mol. The van der Waals surface area contributed by atoms with Gasteiger partial charge in [0.05, 0.1) is 6.04 Å². The number of nitrogens with one attached hydrogen (secondary N) is 1. The molecule has 1 atom stereocenters. The summed E-state index contributed by atoms with van der Waals surface area (Å²) < 4.78 is 39.9. The van der Waals surface area contributed by atoms with Gasteiger partial charge in [0.2, 0.25) is 0 Å². The number of hydrogen-bond acceptors (Lipinski definition) is 5. The van der Waals surface area contributed by atoms with Crippen molar-refractivity contribution >= 4 is 11.6 Å². The van der Waals surface area contributed by atoms with Crippen LogP contribution in [0.25, 0.3) is 5.78 Å². The second kappa shape index (κ2) is 7.28. The first-order chi connectivity index (χ1) is 12.4. The fourth-order valence-corrected chi connectivity index (χ4v) is 2.69. The third-order valence-electron chi connectivity index (χ3n) is 3.87. The molecule has 0 amide bonds. The van der Waals surface area contributed by atoms with Crippen molar-refractivity contribution in [2.45, 2.75) is 32.0 Å². The van der Waals surface area contributed by atoms with E-state index in [1.807, 2.05) is 30.3 Å². The zero-order valence-corrected chi connectivity index (χ0v) is 14.0. The summed E-state index contributed by atoms with van der Waals surface area (Å²) in [5.41, 5.74) is 1.48. The number of anilines is 1. The lowest BCUT2D eigenvalue weighted by atomic mass is 10.0. The van der Waals surface area contributed by atoms with Crippen molar-refractivity contribution in [1.29, 1.82) is 0 Å². The zero-order chi connectivity index (χ0) is 18.7. The summed E-state index contributed by atoms with van der Waals surface area (Å²) in [6, 6.07) is 10.9. The van der Waals surface area contributed by atoms with Gasteiger partial charge in [-0.05, 0) is 25.3 Å². The summed E-state index contributed by atoms with van der Waals surface area (Å²) >= 11 is 0. The molecule has 0 aliphatic heterocycles. The van der Waals surface area contributed by atoms with Gasteiger partial charge in [0.1, 0.15) is 5.82 Å². The number of halogens is 3. The summed E-state index contributed by atoms with van der Waals surface area (Å²) in [7, 11) is 0. The molecule has 0 saturated heterocycles. The quantitative estimate of drug-likeness (QED) is 0.700. The standard InChI is InChI=1S/C17H18F3N5O/c1-11-10-14(25-16(21-11)23-15(24-25)17(18,19)20)22-13(8-5-9-26)12-6-3-2-4-7-12/h2-4,6-7,10,13,22,26H,5,8-9H2,1H3. The van der Waals surface area contributed by atoms with Gasteiger partial charge in [-0.15, -0.1) is 5.10 Å². The molecule has 26 heavy (non-hydrogen) atoms. The Kier molecular flexibility index (Phi) is 5.08. The highest BCUT2D eigenvalue weighted by molar-refractivity contribution is 5.47. The van der Waals surface area contributed by atoms with E-state index in [9.17, 15) is 13.2 Å². The molecule has 0 saturated carbocycles. The molecular formula is C17H18F3N5O. The van der Waals surface area contributed by atoms with E-state index in [1.54, 1.807) is 13.0 Å². The molecule has 9 heteroatoms. The van der Waals surface area contributed by atoms with Crippen LogP contribution in [0.4, 0.5) is 19.0 Å². The number of nitrogens with zero attached hydrogens (tertiary/aromatic N) is 4. The van der Waals surface area contributed by atoms with E-state index in [1.165, 1.54) is 0 Å². The van der Waals surface area contributed by atoms with E-state index in [0.717, 1.165) is 10.1 Å². The number of rotatable bonds is 6. The predicted octanol–water partition coefficient (Wildman–Crippen LogP) is 3.38. The highest BCUT2D eigenvalue weighted by Crippen LogP contribution is 2.28. The number of alkyl halides is 3. The molecule has 2 heterocycles. The molecule has 6 nitrogen and oxygen atoms in total. The highest BCUT2D eigenvalue weighted by Gasteiger charge is 2.37. The summed E-state index contributed by atoms with van der Waals surface area (Å²) in [6.45, 7) is 1.70. The minimum atomic E-state index is -4.64. The maximum absolute atomic E-state index is 12.9. The third-order valence-corrected chi connectivity index (χ3v) is 3.87. The number of aryl methyl sites for hydroxylation is 1. The third kappa shape index (κ3) is 3.93. The Labute approximate surface area is 147 Å². The number of fused-ring (bicyclic) bond motifs is 1. The van der Waals surface area contributed by atoms with E-state index < -0.39 is 12.0 Å². The Hall–Kier alpha value is -2.68. The van der Waals surface area contributed by atoms with Crippen molar-refractivity contribution in [3.63, 3.8) is 0 Å². The Morgan fingerprint density at radius 2 is 1.92 bits per heavy atom. The number of benzene rings is 1. The summed E-state index contributed by atoms with van der Waals surface area (Å²) in [5.74, 6) is -0.985. The van der Waals surface area contributed by atoms with Crippen LogP contribution in [-0.4, -0.2) is 31.3 Å². The van der Waals surface area contributed by atoms with Crippen LogP contribution in [0.15, 0.2) is 36.4 Å². The normalized spacial score (nSPS) is 13.1. The summed E-state index contributed by atoms with van der Waals surface area (Å²) in [4.78, 5) is 7.51. The zero-order valence-electron chi connectivity index (χ0n) is 14.0. The molecule has 0 aliphatic rings. The first-order valence-electron chi connectivity index (χ1n) is 8.12. The first kappa shape index (κ1) is 18.1. The monoisotopic (exact) mass is 365 g/mol. The highest BCUT2D eigenvalue weighted by atomic mass is 19.4. The number of aliphatic hydroxyl groups excluding tert-OH is 1. The van der Waals surface area contributed by atoms with Crippen molar-refractivity contribution in [3.05, 3.63) is 53.5 Å². The second-order valence-corrected chi connectivity index (χ2v) is 5.90. The van der Waals surface area contributed by atoms with Gasteiger partial charge in [0, 0.05) is 18.4 Å².